The lowest BCUT2D eigenvalue weighted by Gasteiger charge is -2.18. The smallest absolute Gasteiger partial charge is 0.258 e. The molecule has 1 N–H and O–H groups in total. The molecule has 5 nitrogen and oxygen atoms in total. The van der Waals surface area contributed by atoms with Crippen molar-refractivity contribution >= 4 is 33.2 Å². The maximum Gasteiger partial charge on any atom is 0.258 e. The molecule has 0 saturated carbocycles. The quantitative estimate of drug-likeness (QED) is 0.588. The second-order valence-corrected chi connectivity index (χ2v) is 9.21. The first-order chi connectivity index (χ1) is 14.2. The van der Waals surface area contributed by atoms with Crippen LogP contribution in [-0.4, -0.2) is 25.7 Å². The van der Waals surface area contributed by atoms with Gasteiger partial charge in [0, 0.05) is 24.3 Å². The van der Waals surface area contributed by atoms with Crippen LogP contribution in [-0.2, 0) is 16.6 Å². The summed E-state index contributed by atoms with van der Waals surface area (Å²) in [4.78, 5) is 12.5. The molecule has 0 heterocycles. The lowest BCUT2D eigenvalue weighted by Crippen LogP contribution is -2.27. The molecule has 0 radical (unpaired) electrons. The monoisotopic (exact) mass is 446 g/mol. The Bertz CT molecular complexity index is 1180. The van der Waals surface area contributed by atoms with E-state index in [2.05, 4.69) is 5.32 Å². The minimum Gasteiger partial charge on any atom is -0.322 e. The molecule has 1 amide bonds. The molecule has 0 fully saturated rings. The molecular formula is C22H20ClFN2O3S. The van der Waals surface area contributed by atoms with Gasteiger partial charge in [0.05, 0.1) is 10.5 Å². The summed E-state index contributed by atoms with van der Waals surface area (Å²) < 4.78 is 41.4. The Kier molecular flexibility index (Phi) is 6.55. The van der Waals surface area contributed by atoms with Crippen LogP contribution in [0.5, 0.6) is 0 Å². The van der Waals surface area contributed by atoms with E-state index in [-0.39, 0.29) is 17.0 Å². The van der Waals surface area contributed by atoms with E-state index < -0.39 is 21.7 Å². The minimum atomic E-state index is -3.93. The highest BCUT2D eigenvalue weighted by Gasteiger charge is 2.24. The van der Waals surface area contributed by atoms with Crippen LogP contribution in [0.2, 0.25) is 5.02 Å². The van der Waals surface area contributed by atoms with Gasteiger partial charge < -0.3 is 5.32 Å². The second kappa shape index (κ2) is 8.95. The van der Waals surface area contributed by atoms with Crippen molar-refractivity contribution in [1.82, 2.24) is 4.31 Å². The molecule has 0 saturated heterocycles. The summed E-state index contributed by atoms with van der Waals surface area (Å²) >= 11 is 6.05. The summed E-state index contributed by atoms with van der Waals surface area (Å²) in [7, 11) is -2.50. The summed E-state index contributed by atoms with van der Waals surface area (Å²) in [6.07, 6.45) is 0. The molecule has 156 valence electrons. The van der Waals surface area contributed by atoms with Gasteiger partial charge in [-0.2, -0.15) is 4.31 Å². The van der Waals surface area contributed by atoms with Crippen molar-refractivity contribution in [3.63, 3.8) is 0 Å². The molecule has 0 atom stereocenters. The third-order valence-electron chi connectivity index (χ3n) is 4.65. The van der Waals surface area contributed by atoms with E-state index in [9.17, 15) is 17.6 Å². The maximum absolute atomic E-state index is 14.3. The summed E-state index contributed by atoms with van der Waals surface area (Å²) in [5.41, 5.74) is 1.48. The van der Waals surface area contributed by atoms with Crippen molar-refractivity contribution in [3.8, 4) is 0 Å². The SMILES string of the molecule is Cc1c(Cl)cccc1NC(=O)c1cc(S(=O)(=O)N(C)Cc2ccccc2)ccc1F. The van der Waals surface area contributed by atoms with Gasteiger partial charge in [-0.25, -0.2) is 12.8 Å². The molecule has 0 unspecified atom stereocenters. The number of halogens is 2. The first kappa shape index (κ1) is 22.0. The van der Waals surface area contributed by atoms with Gasteiger partial charge in [-0.05, 0) is 48.4 Å². The van der Waals surface area contributed by atoms with Crippen LogP contribution < -0.4 is 5.32 Å². The summed E-state index contributed by atoms with van der Waals surface area (Å²) in [6.45, 7) is 1.86. The topological polar surface area (TPSA) is 66.5 Å². The van der Waals surface area contributed by atoms with Gasteiger partial charge in [0.1, 0.15) is 5.82 Å². The average Bonchev–Trinajstić information content (AvgIpc) is 2.72. The summed E-state index contributed by atoms with van der Waals surface area (Å²) in [5.74, 6) is -1.59. The van der Waals surface area contributed by atoms with Crippen LogP contribution >= 0.6 is 11.6 Å². The van der Waals surface area contributed by atoms with Crippen LogP contribution in [0, 0.1) is 12.7 Å². The Hall–Kier alpha value is -2.74. The number of rotatable bonds is 6. The Morgan fingerprint density at radius 1 is 1.07 bits per heavy atom. The third kappa shape index (κ3) is 4.70. The molecule has 0 spiro atoms. The number of carbonyl (C=O) groups is 1. The predicted octanol–water partition coefficient (Wildman–Crippen LogP) is 4.86. The Balaban J connectivity index is 1.88. The van der Waals surface area contributed by atoms with Crippen LogP contribution in [0.15, 0.2) is 71.6 Å². The number of nitrogens with zero attached hydrogens (tertiary/aromatic N) is 1. The number of anilines is 1. The molecule has 0 aliphatic carbocycles. The zero-order chi connectivity index (χ0) is 21.9. The van der Waals surface area contributed by atoms with E-state index in [1.807, 2.05) is 30.3 Å². The Labute approximate surface area is 180 Å². The van der Waals surface area contributed by atoms with E-state index in [0.717, 1.165) is 28.1 Å². The molecular weight excluding hydrogens is 427 g/mol. The van der Waals surface area contributed by atoms with Gasteiger partial charge in [-0.1, -0.05) is 48.0 Å². The van der Waals surface area contributed by atoms with Crippen molar-refractivity contribution in [2.24, 2.45) is 0 Å². The van der Waals surface area contributed by atoms with Crippen molar-refractivity contribution in [2.75, 3.05) is 12.4 Å². The van der Waals surface area contributed by atoms with Crippen LogP contribution in [0.25, 0.3) is 0 Å². The zero-order valence-corrected chi connectivity index (χ0v) is 18.0. The average molecular weight is 447 g/mol. The van der Waals surface area contributed by atoms with E-state index >= 15 is 0 Å². The standard InChI is InChI=1S/C22H20ClFN2O3S/c1-15-19(23)9-6-10-21(15)25-22(27)18-13-17(11-12-20(18)24)30(28,29)26(2)14-16-7-4-3-5-8-16/h3-13H,14H2,1-2H3,(H,25,27). The number of carbonyl (C=O) groups excluding carboxylic acids is 1. The van der Waals surface area contributed by atoms with Gasteiger partial charge in [-0.3, -0.25) is 4.79 Å². The maximum atomic E-state index is 14.3. The predicted molar refractivity (Wildman–Crippen MR) is 116 cm³/mol. The number of sulfonamides is 1. The fraction of sp³-hybridized carbons (Fsp3) is 0.136. The summed E-state index contributed by atoms with van der Waals surface area (Å²) in [5, 5.41) is 3.04. The summed E-state index contributed by atoms with van der Waals surface area (Å²) in [6, 6.07) is 17.2. The first-order valence-electron chi connectivity index (χ1n) is 9.06. The zero-order valence-electron chi connectivity index (χ0n) is 16.4. The largest absolute Gasteiger partial charge is 0.322 e. The molecule has 3 aromatic carbocycles. The van der Waals surface area contributed by atoms with Gasteiger partial charge in [-0.15, -0.1) is 0 Å². The number of nitrogens with one attached hydrogen (secondary N) is 1. The Morgan fingerprint density at radius 2 is 1.77 bits per heavy atom. The molecule has 0 bridgehead atoms. The van der Waals surface area contributed by atoms with Gasteiger partial charge in [0.25, 0.3) is 5.91 Å². The molecule has 3 aromatic rings. The normalized spacial score (nSPS) is 11.5. The lowest BCUT2D eigenvalue weighted by atomic mass is 10.1. The van der Waals surface area contributed by atoms with Crippen molar-refractivity contribution in [3.05, 3.63) is 94.3 Å². The van der Waals surface area contributed by atoms with E-state index in [1.54, 1.807) is 25.1 Å². The van der Waals surface area contributed by atoms with Crippen LogP contribution in [0.4, 0.5) is 10.1 Å². The number of hydrogen-bond acceptors (Lipinski definition) is 3. The molecule has 3 rings (SSSR count). The second-order valence-electron chi connectivity index (χ2n) is 6.75. The Morgan fingerprint density at radius 3 is 2.47 bits per heavy atom. The van der Waals surface area contributed by atoms with Crippen LogP contribution in [0.3, 0.4) is 0 Å². The van der Waals surface area contributed by atoms with E-state index in [0.29, 0.717) is 16.3 Å². The highest BCUT2D eigenvalue weighted by molar-refractivity contribution is 7.89. The fourth-order valence-corrected chi connectivity index (χ4v) is 4.24. The van der Waals surface area contributed by atoms with Crippen molar-refractivity contribution in [2.45, 2.75) is 18.4 Å². The van der Waals surface area contributed by atoms with Crippen molar-refractivity contribution < 1.29 is 17.6 Å². The molecule has 8 heteroatoms. The first-order valence-corrected chi connectivity index (χ1v) is 10.9. The van der Waals surface area contributed by atoms with E-state index in [4.69, 9.17) is 11.6 Å². The van der Waals surface area contributed by atoms with Crippen molar-refractivity contribution in [1.29, 1.82) is 0 Å². The number of amides is 1. The van der Waals surface area contributed by atoms with Gasteiger partial charge >= 0.3 is 0 Å². The minimum absolute atomic E-state index is 0.143. The highest BCUT2D eigenvalue weighted by Crippen LogP contribution is 2.25. The molecule has 0 aliphatic heterocycles. The van der Waals surface area contributed by atoms with Crippen LogP contribution in [0.1, 0.15) is 21.5 Å². The number of hydrogen-bond donors (Lipinski definition) is 1. The van der Waals surface area contributed by atoms with Gasteiger partial charge in [0.15, 0.2) is 0 Å². The third-order valence-corrected chi connectivity index (χ3v) is 6.86. The highest BCUT2D eigenvalue weighted by atomic mass is 35.5. The molecule has 0 aromatic heterocycles. The molecule has 30 heavy (non-hydrogen) atoms. The van der Waals surface area contributed by atoms with Gasteiger partial charge in [0.2, 0.25) is 10.0 Å². The lowest BCUT2D eigenvalue weighted by molar-refractivity contribution is 0.102. The number of benzene rings is 3. The van der Waals surface area contributed by atoms with E-state index in [1.165, 1.54) is 7.05 Å². The fourth-order valence-electron chi connectivity index (χ4n) is 2.88. The molecule has 0 aliphatic rings.